The molecule has 0 spiro atoms. The lowest BCUT2D eigenvalue weighted by Gasteiger charge is -2.26. The van der Waals surface area contributed by atoms with Crippen molar-refractivity contribution in [1.82, 2.24) is 0 Å². The summed E-state index contributed by atoms with van der Waals surface area (Å²) in [5.74, 6) is -4.71. The minimum atomic E-state index is -4.60. The summed E-state index contributed by atoms with van der Waals surface area (Å²) in [4.78, 5) is 25.1. The summed E-state index contributed by atoms with van der Waals surface area (Å²) in [5, 5.41) is 3.10. The summed E-state index contributed by atoms with van der Waals surface area (Å²) in [7, 11) is 0. The standard InChI is InChI=1S/C25H28Cl2F3NO3/c1-14-12-17(8-10-18(14)26)22(15(2)25(28,29)30)23(33)31-20-13-16(6-9-19(20)27)7-11-21(32)34-24(3,4)5/h6,8-10,12-13,15,22H,7,11H2,1-5H3,(H,31,33)/t15-,22+/m1/s1. The van der Waals surface area contributed by atoms with Crippen LogP contribution in [0.3, 0.4) is 0 Å². The molecule has 0 fully saturated rings. The van der Waals surface area contributed by atoms with Crippen molar-refractivity contribution in [3.63, 3.8) is 0 Å². The molecule has 1 amide bonds. The Morgan fingerprint density at radius 1 is 1.03 bits per heavy atom. The van der Waals surface area contributed by atoms with Crippen molar-refractivity contribution < 1.29 is 27.5 Å². The van der Waals surface area contributed by atoms with Crippen LogP contribution in [0.1, 0.15) is 56.7 Å². The van der Waals surface area contributed by atoms with E-state index in [4.69, 9.17) is 27.9 Å². The maximum atomic E-state index is 13.6. The van der Waals surface area contributed by atoms with Crippen molar-refractivity contribution in [3.05, 3.63) is 63.1 Å². The fourth-order valence-electron chi connectivity index (χ4n) is 3.39. The molecular weight excluding hydrogens is 490 g/mol. The van der Waals surface area contributed by atoms with Gasteiger partial charge in [0.25, 0.3) is 0 Å². The quantitative estimate of drug-likeness (QED) is 0.387. The van der Waals surface area contributed by atoms with Crippen LogP contribution in [0, 0.1) is 12.8 Å². The zero-order valence-corrected chi connectivity index (χ0v) is 21.2. The van der Waals surface area contributed by atoms with Crippen molar-refractivity contribution >= 4 is 40.8 Å². The second kappa shape index (κ2) is 11.0. The Morgan fingerprint density at radius 3 is 2.21 bits per heavy atom. The van der Waals surface area contributed by atoms with Gasteiger partial charge in [0.2, 0.25) is 5.91 Å². The number of benzene rings is 2. The number of nitrogens with one attached hydrogen (secondary N) is 1. The Bertz CT molecular complexity index is 1050. The Kier molecular flexibility index (Phi) is 9.05. The van der Waals surface area contributed by atoms with E-state index in [-0.39, 0.29) is 28.7 Å². The molecule has 0 bridgehead atoms. The zero-order chi connectivity index (χ0) is 25.8. The molecule has 0 aliphatic carbocycles. The van der Waals surface area contributed by atoms with E-state index in [1.807, 2.05) is 0 Å². The number of hydrogen-bond acceptors (Lipinski definition) is 3. The van der Waals surface area contributed by atoms with E-state index >= 15 is 0 Å². The highest BCUT2D eigenvalue weighted by atomic mass is 35.5. The van der Waals surface area contributed by atoms with Gasteiger partial charge in [-0.25, -0.2) is 0 Å². The van der Waals surface area contributed by atoms with Crippen LogP contribution in [-0.2, 0) is 20.7 Å². The number of amides is 1. The van der Waals surface area contributed by atoms with Gasteiger partial charge in [0.1, 0.15) is 5.60 Å². The van der Waals surface area contributed by atoms with Gasteiger partial charge >= 0.3 is 12.1 Å². The molecule has 2 aromatic rings. The van der Waals surface area contributed by atoms with Crippen LogP contribution in [0.15, 0.2) is 36.4 Å². The van der Waals surface area contributed by atoms with E-state index < -0.39 is 29.5 Å². The number of ether oxygens (including phenoxy) is 1. The van der Waals surface area contributed by atoms with Gasteiger partial charge in [-0.3, -0.25) is 9.59 Å². The summed E-state index contributed by atoms with van der Waals surface area (Å²) < 4.78 is 46.2. The maximum Gasteiger partial charge on any atom is 0.392 e. The molecule has 2 rings (SSSR count). The second-order valence-corrected chi connectivity index (χ2v) is 10.0. The van der Waals surface area contributed by atoms with Crippen molar-refractivity contribution in [2.75, 3.05) is 5.32 Å². The maximum absolute atomic E-state index is 13.6. The molecule has 9 heteroatoms. The predicted molar refractivity (Wildman–Crippen MR) is 128 cm³/mol. The average Bonchev–Trinajstić information content (AvgIpc) is 2.69. The minimum Gasteiger partial charge on any atom is -0.460 e. The second-order valence-electron chi connectivity index (χ2n) is 9.21. The fraction of sp³-hybridized carbons (Fsp3) is 0.440. The van der Waals surface area contributed by atoms with Gasteiger partial charge in [0.15, 0.2) is 0 Å². The van der Waals surface area contributed by atoms with Crippen LogP contribution in [0.5, 0.6) is 0 Å². The van der Waals surface area contributed by atoms with E-state index in [0.717, 1.165) is 6.92 Å². The average molecular weight is 518 g/mol. The number of alkyl halides is 3. The fourth-order valence-corrected chi connectivity index (χ4v) is 3.67. The SMILES string of the molecule is Cc1cc([C@@H](C(=O)Nc2cc(CCC(=O)OC(C)(C)C)ccc2Cl)[C@@H](C)C(F)(F)F)ccc1Cl. The van der Waals surface area contributed by atoms with Gasteiger partial charge in [-0.2, -0.15) is 13.2 Å². The molecular formula is C25H28Cl2F3NO3. The first kappa shape index (κ1) is 28.0. The van der Waals surface area contributed by atoms with Crippen LogP contribution >= 0.6 is 23.2 Å². The number of esters is 1. The number of carbonyl (C=O) groups is 2. The minimum absolute atomic E-state index is 0.101. The largest absolute Gasteiger partial charge is 0.460 e. The number of halogens is 5. The number of rotatable bonds is 7. The molecule has 0 heterocycles. The molecule has 2 atom stereocenters. The molecule has 0 radical (unpaired) electrons. The molecule has 1 N–H and O–H groups in total. The summed E-state index contributed by atoms with van der Waals surface area (Å²) >= 11 is 12.2. The van der Waals surface area contributed by atoms with Crippen LogP contribution in [0.25, 0.3) is 0 Å². The number of carbonyl (C=O) groups excluding carboxylic acids is 2. The number of aryl methyl sites for hydroxylation is 2. The highest BCUT2D eigenvalue weighted by Crippen LogP contribution is 2.39. The molecule has 0 aliphatic heterocycles. The first-order valence-electron chi connectivity index (χ1n) is 10.7. The Hall–Kier alpha value is -2.25. The smallest absolute Gasteiger partial charge is 0.392 e. The molecule has 0 aromatic heterocycles. The highest BCUT2D eigenvalue weighted by Gasteiger charge is 2.45. The van der Waals surface area contributed by atoms with Gasteiger partial charge in [0, 0.05) is 11.4 Å². The number of hydrogen-bond donors (Lipinski definition) is 1. The lowest BCUT2D eigenvalue weighted by atomic mass is 9.85. The molecule has 4 nitrogen and oxygen atoms in total. The van der Waals surface area contributed by atoms with Gasteiger partial charge in [-0.05, 0) is 69.0 Å². The predicted octanol–water partition coefficient (Wildman–Crippen LogP) is 7.50. The third-order valence-corrected chi connectivity index (χ3v) is 5.92. The summed E-state index contributed by atoms with van der Waals surface area (Å²) in [5.41, 5.74) is 0.988. The van der Waals surface area contributed by atoms with Crippen molar-refractivity contribution in [3.8, 4) is 0 Å². The van der Waals surface area contributed by atoms with E-state index in [9.17, 15) is 22.8 Å². The van der Waals surface area contributed by atoms with E-state index in [1.165, 1.54) is 24.3 Å². The lowest BCUT2D eigenvalue weighted by molar-refractivity contribution is -0.178. The first-order chi connectivity index (χ1) is 15.6. The Morgan fingerprint density at radius 2 is 1.65 bits per heavy atom. The molecule has 0 saturated carbocycles. The van der Waals surface area contributed by atoms with Crippen LogP contribution in [0.4, 0.5) is 18.9 Å². The van der Waals surface area contributed by atoms with Crippen LogP contribution in [-0.4, -0.2) is 23.7 Å². The van der Waals surface area contributed by atoms with Crippen LogP contribution in [0.2, 0.25) is 10.0 Å². The highest BCUT2D eigenvalue weighted by molar-refractivity contribution is 6.33. The molecule has 2 aromatic carbocycles. The third kappa shape index (κ3) is 7.91. The topological polar surface area (TPSA) is 55.4 Å². The molecule has 0 aliphatic rings. The van der Waals surface area contributed by atoms with Gasteiger partial charge in [-0.15, -0.1) is 0 Å². The van der Waals surface area contributed by atoms with E-state index in [0.29, 0.717) is 22.6 Å². The normalized spacial score (nSPS) is 13.8. The zero-order valence-electron chi connectivity index (χ0n) is 19.6. The van der Waals surface area contributed by atoms with Crippen molar-refractivity contribution in [1.29, 1.82) is 0 Å². The Balaban J connectivity index is 2.28. The van der Waals surface area contributed by atoms with E-state index in [1.54, 1.807) is 39.8 Å². The monoisotopic (exact) mass is 517 g/mol. The molecule has 186 valence electrons. The van der Waals surface area contributed by atoms with Crippen molar-refractivity contribution in [2.45, 2.75) is 65.2 Å². The van der Waals surface area contributed by atoms with Gasteiger partial charge in [-0.1, -0.05) is 48.3 Å². The van der Waals surface area contributed by atoms with E-state index in [2.05, 4.69) is 5.32 Å². The van der Waals surface area contributed by atoms with Crippen molar-refractivity contribution in [2.24, 2.45) is 5.92 Å². The molecule has 34 heavy (non-hydrogen) atoms. The summed E-state index contributed by atoms with van der Waals surface area (Å²) in [6, 6.07) is 9.12. The Labute approximate surface area is 207 Å². The lowest BCUT2D eigenvalue weighted by Crippen LogP contribution is -2.34. The number of anilines is 1. The third-order valence-electron chi connectivity index (χ3n) is 5.17. The van der Waals surface area contributed by atoms with Gasteiger partial charge in [0.05, 0.1) is 22.5 Å². The molecule has 0 unspecified atom stereocenters. The molecule has 0 saturated heterocycles. The van der Waals surface area contributed by atoms with Crippen LogP contribution < -0.4 is 5.32 Å². The van der Waals surface area contributed by atoms with Gasteiger partial charge < -0.3 is 10.1 Å². The summed E-state index contributed by atoms with van der Waals surface area (Å²) in [6.45, 7) is 7.92. The summed E-state index contributed by atoms with van der Waals surface area (Å²) in [6.07, 6.45) is -4.19. The first-order valence-corrected chi connectivity index (χ1v) is 11.5.